The molecule has 0 amide bonds. The van der Waals surface area contributed by atoms with Gasteiger partial charge in [0, 0.05) is 11.1 Å². The van der Waals surface area contributed by atoms with Crippen molar-refractivity contribution in [3.05, 3.63) is 71.4 Å². The quantitative estimate of drug-likeness (QED) is 0.497. The van der Waals surface area contributed by atoms with Crippen LogP contribution in [0.5, 0.6) is 5.75 Å². The van der Waals surface area contributed by atoms with E-state index in [0.717, 1.165) is 28.3 Å². The highest BCUT2D eigenvalue weighted by Gasteiger charge is 2.30. The summed E-state index contributed by atoms with van der Waals surface area (Å²) >= 11 is 0. The molecule has 1 aliphatic rings. The normalized spacial score (nSPS) is 12.2. The zero-order chi connectivity index (χ0) is 19.3. The Kier molecular flexibility index (Phi) is 3.65. The number of benzene rings is 2. The summed E-state index contributed by atoms with van der Waals surface area (Å²) in [4.78, 5) is 17.7. The SMILES string of the molecule is COC(=O)c1c2c(nc3c1c(C)nn3-c1ccccc1)-c1ccccc1OC2. The highest BCUT2D eigenvalue weighted by molar-refractivity contribution is 6.07. The first-order valence-corrected chi connectivity index (χ1v) is 8.97. The lowest BCUT2D eigenvalue weighted by Crippen LogP contribution is -2.15. The second kappa shape index (κ2) is 6.20. The molecule has 0 N–H and O–H groups in total. The maximum absolute atomic E-state index is 12.8. The molecule has 3 heterocycles. The van der Waals surface area contributed by atoms with E-state index in [2.05, 4.69) is 5.10 Å². The first kappa shape index (κ1) is 16.5. The van der Waals surface area contributed by atoms with Crippen molar-refractivity contribution in [3.63, 3.8) is 0 Å². The number of rotatable bonds is 2. The van der Waals surface area contributed by atoms with Gasteiger partial charge in [-0.15, -0.1) is 0 Å². The largest absolute Gasteiger partial charge is 0.488 e. The van der Waals surface area contributed by atoms with E-state index in [9.17, 15) is 4.79 Å². The number of hydrogen-bond acceptors (Lipinski definition) is 5. The lowest BCUT2D eigenvalue weighted by molar-refractivity contribution is 0.0600. The number of para-hydroxylation sites is 2. The van der Waals surface area contributed by atoms with Gasteiger partial charge in [0.05, 0.1) is 35.1 Å². The molecule has 0 saturated carbocycles. The van der Waals surface area contributed by atoms with Gasteiger partial charge in [0.1, 0.15) is 12.4 Å². The third kappa shape index (κ3) is 2.31. The van der Waals surface area contributed by atoms with Crippen LogP contribution in [0.4, 0.5) is 0 Å². The van der Waals surface area contributed by atoms with E-state index in [1.807, 2.05) is 61.5 Å². The molecular formula is C22H17N3O3. The Balaban J connectivity index is 1.91. The Morgan fingerprint density at radius 2 is 1.86 bits per heavy atom. The Bertz CT molecular complexity index is 1230. The van der Waals surface area contributed by atoms with Gasteiger partial charge in [-0.3, -0.25) is 0 Å². The van der Waals surface area contributed by atoms with Crippen LogP contribution in [-0.2, 0) is 11.3 Å². The predicted octanol–water partition coefficient (Wildman–Crippen LogP) is 4.07. The average molecular weight is 371 g/mol. The fourth-order valence-electron chi connectivity index (χ4n) is 3.73. The van der Waals surface area contributed by atoms with Crippen molar-refractivity contribution in [2.75, 3.05) is 7.11 Å². The van der Waals surface area contributed by atoms with Gasteiger partial charge in [-0.05, 0) is 31.2 Å². The summed E-state index contributed by atoms with van der Waals surface area (Å²) in [7, 11) is 1.38. The number of nitrogens with zero attached hydrogens (tertiary/aromatic N) is 3. The van der Waals surface area contributed by atoms with Crippen molar-refractivity contribution in [1.29, 1.82) is 0 Å². The maximum Gasteiger partial charge on any atom is 0.339 e. The Morgan fingerprint density at radius 1 is 1.11 bits per heavy atom. The van der Waals surface area contributed by atoms with Gasteiger partial charge in [-0.2, -0.15) is 5.10 Å². The van der Waals surface area contributed by atoms with Crippen LogP contribution < -0.4 is 4.74 Å². The summed E-state index contributed by atoms with van der Waals surface area (Å²) < 4.78 is 12.8. The molecule has 28 heavy (non-hydrogen) atoms. The summed E-state index contributed by atoms with van der Waals surface area (Å²) in [5.74, 6) is 0.336. The van der Waals surface area contributed by atoms with Crippen molar-refractivity contribution in [2.45, 2.75) is 13.5 Å². The van der Waals surface area contributed by atoms with Crippen LogP contribution in [0.25, 0.3) is 28.0 Å². The molecule has 0 fully saturated rings. The number of hydrogen-bond donors (Lipinski definition) is 0. The van der Waals surface area contributed by atoms with Gasteiger partial charge in [-0.1, -0.05) is 30.3 Å². The topological polar surface area (TPSA) is 66.2 Å². The molecule has 138 valence electrons. The Hall–Kier alpha value is -3.67. The van der Waals surface area contributed by atoms with Crippen LogP contribution in [0.1, 0.15) is 21.6 Å². The summed E-state index contributed by atoms with van der Waals surface area (Å²) in [5, 5.41) is 5.36. The Morgan fingerprint density at radius 3 is 2.64 bits per heavy atom. The molecule has 0 spiro atoms. The van der Waals surface area contributed by atoms with Crippen LogP contribution in [0.2, 0.25) is 0 Å². The number of methoxy groups -OCH3 is 1. The monoisotopic (exact) mass is 371 g/mol. The van der Waals surface area contributed by atoms with Gasteiger partial charge in [-0.25, -0.2) is 14.5 Å². The zero-order valence-corrected chi connectivity index (χ0v) is 15.5. The minimum atomic E-state index is -0.414. The third-order valence-electron chi connectivity index (χ3n) is 5.00. The average Bonchev–Trinajstić information content (AvgIpc) is 3.08. The lowest BCUT2D eigenvalue weighted by Gasteiger charge is -2.22. The smallest absolute Gasteiger partial charge is 0.339 e. The number of aromatic nitrogens is 3. The van der Waals surface area contributed by atoms with Crippen molar-refractivity contribution in [2.24, 2.45) is 0 Å². The van der Waals surface area contributed by atoms with Crippen molar-refractivity contribution >= 4 is 17.0 Å². The van der Waals surface area contributed by atoms with E-state index in [0.29, 0.717) is 22.3 Å². The molecule has 0 aliphatic carbocycles. The van der Waals surface area contributed by atoms with E-state index < -0.39 is 5.97 Å². The summed E-state index contributed by atoms with van der Waals surface area (Å²) in [5.41, 5.74) is 5.00. The second-order valence-corrected chi connectivity index (χ2v) is 6.62. The number of ether oxygens (including phenoxy) is 2. The van der Waals surface area contributed by atoms with Crippen LogP contribution >= 0.6 is 0 Å². The van der Waals surface area contributed by atoms with Crippen molar-refractivity contribution < 1.29 is 14.3 Å². The van der Waals surface area contributed by atoms with Gasteiger partial charge >= 0.3 is 5.97 Å². The molecule has 2 aromatic heterocycles. The molecule has 2 aromatic carbocycles. The molecular weight excluding hydrogens is 354 g/mol. The van der Waals surface area contributed by atoms with E-state index in [4.69, 9.17) is 14.5 Å². The van der Waals surface area contributed by atoms with Crippen LogP contribution in [0.3, 0.4) is 0 Å². The minimum absolute atomic E-state index is 0.260. The van der Waals surface area contributed by atoms with Gasteiger partial charge in [0.2, 0.25) is 0 Å². The summed E-state index contributed by atoms with van der Waals surface area (Å²) in [6, 6.07) is 17.5. The van der Waals surface area contributed by atoms with Crippen LogP contribution in [-0.4, -0.2) is 27.8 Å². The minimum Gasteiger partial charge on any atom is -0.488 e. The fraction of sp³-hybridized carbons (Fsp3) is 0.136. The molecule has 0 unspecified atom stereocenters. The van der Waals surface area contributed by atoms with E-state index in [-0.39, 0.29) is 6.61 Å². The number of carbonyl (C=O) groups excluding carboxylic acids is 1. The predicted molar refractivity (Wildman–Crippen MR) is 105 cm³/mol. The fourth-order valence-corrected chi connectivity index (χ4v) is 3.73. The number of fused-ring (bicyclic) bond motifs is 4. The third-order valence-corrected chi connectivity index (χ3v) is 5.00. The molecule has 0 saturated heterocycles. The number of carbonyl (C=O) groups is 1. The molecule has 0 atom stereocenters. The molecule has 1 aliphatic heterocycles. The van der Waals surface area contributed by atoms with Gasteiger partial charge in [0.15, 0.2) is 5.65 Å². The molecule has 0 bridgehead atoms. The second-order valence-electron chi connectivity index (χ2n) is 6.62. The van der Waals surface area contributed by atoms with Crippen LogP contribution in [0.15, 0.2) is 54.6 Å². The first-order chi connectivity index (χ1) is 13.7. The van der Waals surface area contributed by atoms with Gasteiger partial charge in [0.25, 0.3) is 0 Å². The molecule has 5 rings (SSSR count). The number of pyridine rings is 1. The number of esters is 1. The standard InChI is InChI=1S/C22H17N3O3/c1-13-18-19(22(26)27-2)16-12-28-17-11-7-6-10-15(17)20(16)23-21(18)25(24-13)14-8-4-3-5-9-14/h3-11H,12H2,1-2H3. The first-order valence-electron chi connectivity index (χ1n) is 8.97. The molecule has 0 radical (unpaired) electrons. The Labute approximate surface area is 161 Å². The molecule has 6 nitrogen and oxygen atoms in total. The lowest BCUT2D eigenvalue weighted by atomic mass is 9.96. The summed E-state index contributed by atoms with van der Waals surface area (Å²) in [6.07, 6.45) is 0. The zero-order valence-electron chi connectivity index (χ0n) is 15.5. The highest BCUT2D eigenvalue weighted by Crippen LogP contribution is 2.40. The van der Waals surface area contributed by atoms with Crippen molar-refractivity contribution in [1.82, 2.24) is 14.8 Å². The number of aryl methyl sites for hydroxylation is 1. The highest BCUT2D eigenvalue weighted by atomic mass is 16.5. The van der Waals surface area contributed by atoms with Crippen LogP contribution in [0, 0.1) is 6.92 Å². The molecule has 4 aromatic rings. The maximum atomic E-state index is 12.8. The van der Waals surface area contributed by atoms with E-state index in [1.165, 1.54) is 7.11 Å². The van der Waals surface area contributed by atoms with E-state index >= 15 is 0 Å². The van der Waals surface area contributed by atoms with E-state index in [1.54, 1.807) is 4.68 Å². The van der Waals surface area contributed by atoms with Crippen molar-refractivity contribution in [3.8, 4) is 22.7 Å². The summed E-state index contributed by atoms with van der Waals surface area (Å²) in [6.45, 7) is 2.13. The molecule has 6 heteroatoms. The van der Waals surface area contributed by atoms with Gasteiger partial charge < -0.3 is 9.47 Å².